The highest BCUT2D eigenvalue weighted by atomic mass is 16.5. The SMILES string of the molecule is O=C(Nc1cccnc1)NC1CCN(c2nc(N3CCOCC3)c3cccn3n2)CC1. The number of ether oxygens (including phenoxy) is 1. The Labute approximate surface area is 180 Å². The molecule has 3 aromatic heterocycles. The number of hydrogen-bond acceptors (Lipinski definition) is 7. The quantitative estimate of drug-likeness (QED) is 0.661. The molecule has 2 N–H and O–H groups in total. The fraction of sp³-hybridized carbons (Fsp3) is 0.429. The third-order valence-corrected chi connectivity index (χ3v) is 5.70. The standard InChI is InChI=1S/C21H26N8O2/c30-21(24-17-3-1-7-22-15-17)23-16-5-9-28(10-6-16)20-25-19(27-11-13-31-14-12-27)18-4-2-8-29(18)26-20/h1-4,7-8,15-16H,5-6,9-14H2,(H2,23,24,30). The van der Waals surface area contributed by atoms with E-state index >= 15 is 0 Å². The van der Waals surface area contributed by atoms with Crippen LogP contribution < -0.4 is 20.4 Å². The zero-order valence-corrected chi connectivity index (χ0v) is 17.3. The number of piperidine rings is 1. The van der Waals surface area contributed by atoms with Crippen molar-refractivity contribution in [3.05, 3.63) is 42.9 Å². The Hall–Kier alpha value is -3.40. The van der Waals surface area contributed by atoms with Crippen molar-refractivity contribution >= 4 is 29.0 Å². The molecule has 0 unspecified atom stereocenters. The summed E-state index contributed by atoms with van der Waals surface area (Å²) in [6.07, 6.45) is 6.93. The molecule has 3 aromatic rings. The van der Waals surface area contributed by atoms with Crippen molar-refractivity contribution in [1.29, 1.82) is 0 Å². The van der Waals surface area contributed by atoms with E-state index in [1.54, 1.807) is 18.5 Å². The van der Waals surface area contributed by atoms with E-state index in [-0.39, 0.29) is 12.1 Å². The number of aromatic nitrogens is 4. The van der Waals surface area contributed by atoms with E-state index in [2.05, 4.69) is 25.4 Å². The highest BCUT2D eigenvalue weighted by Crippen LogP contribution is 2.25. The molecule has 5 rings (SSSR count). The maximum absolute atomic E-state index is 12.3. The topological polar surface area (TPSA) is 99.9 Å². The van der Waals surface area contributed by atoms with E-state index in [1.165, 1.54) is 0 Å². The minimum absolute atomic E-state index is 0.113. The second kappa shape index (κ2) is 8.76. The van der Waals surface area contributed by atoms with Crippen LogP contribution in [0.2, 0.25) is 0 Å². The monoisotopic (exact) mass is 422 g/mol. The Bertz CT molecular complexity index is 1030. The Morgan fingerprint density at radius 3 is 2.68 bits per heavy atom. The smallest absolute Gasteiger partial charge is 0.319 e. The minimum atomic E-state index is -0.203. The lowest BCUT2D eigenvalue weighted by Crippen LogP contribution is -2.46. The summed E-state index contributed by atoms with van der Waals surface area (Å²) in [6, 6.07) is 7.56. The van der Waals surface area contributed by atoms with Crippen LogP contribution in [-0.2, 0) is 4.74 Å². The number of carbonyl (C=O) groups is 1. The van der Waals surface area contributed by atoms with Gasteiger partial charge in [0.15, 0.2) is 5.82 Å². The average molecular weight is 422 g/mol. The molecule has 31 heavy (non-hydrogen) atoms. The Morgan fingerprint density at radius 2 is 1.90 bits per heavy atom. The molecule has 0 spiro atoms. The van der Waals surface area contributed by atoms with Crippen molar-refractivity contribution in [2.24, 2.45) is 0 Å². The molecule has 5 heterocycles. The summed E-state index contributed by atoms with van der Waals surface area (Å²) >= 11 is 0. The maximum Gasteiger partial charge on any atom is 0.319 e. The van der Waals surface area contributed by atoms with Crippen molar-refractivity contribution in [2.75, 3.05) is 54.5 Å². The molecular formula is C21H26N8O2. The van der Waals surface area contributed by atoms with Gasteiger partial charge in [0.2, 0.25) is 5.95 Å². The average Bonchev–Trinajstić information content (AvgIpc) is 3.29. The summed E-state index contributed by atoms with van der Waals surface area (Å²) in [7, 11) is 0. The van der Waals surface area contributed by atoms with E-state index < -0.39 is 0 Å². The first kappa shape index (κ1) is 19.6. The molecule has 2 fully saturated rings. The molecule has 2 aliphatic heterocycles. The molecule has 162 valence electrons. The van der Waals surface area contributed by atoms with Crippen LogP contribution in [0, 0.1) is 0 Å². The Balaban J connectivity index is 1.23. The van der Waals surface area contributed by atoms with Crippen LogP contribution in [0.25, 0.3) is 5.52 Å². The largest absolute Gasteiger partial charge is 0.378 e. The number of amides is 2. The molecule has 0 atom stereocenters. The number of fused-ring (bicyclic) bond motifs is 1. The predicted octanol–water partition coefficient (Wildman–Crippen LogP) is 1.75. The molecule has 0 saturated carbocycles. The highest BCUT2D eigenvalue weighted by Gasteiger charge is 2.25. The second-order valence-corrected chi connectivity index (χ2v) is 7.77. The van der Waals surface area contributed by atoms with Crippen LogP contribution in [0.4, 0.5) is 22.2 Å². The zero-order valence-electron chi connectivity index (χ0n) is 17.3. The molecule has 10 heteroatoms. The van der Waals surface area contributed by atoms with Crippen LogP contribution in [-0.4, -0.2) is 71.0 Å². The number of nitrogens with zero attached hydrogens (tertiary/aromatic N) is 6. The molecule has 2 aliphatic rings. The minimum Gasteiger partial charge on any atom is -0.378 e. The van der Waals surface area contributed by atoms with Crippen LogP contribution in [0.1, 0.15) is 12.8 Å². The molecule has 0 radical (unpaired) electrons. The Kier molecular flexibility index (Phi) is 5.53. The summed E-state index contributed by atoms with van der Waals surface area (Å²) in [4.78, 5) is 25.7. The van der Waals surface area contributed by atoms with Gasteiger partial charge in [0.05, 0.1) is 25.1 Å². The highest BCUT2D eigenvalue weighted by molar-refractivity contribution is 5.89. The molecule has 2 amide bonds. The third kappa shape index (κ3) is 4.38. The van der Waals surface area contributed by atoms with Crippen LogP contribution in [0.15, 0.2) is 42.9 Å². The normalized spacial score (nSPS) is 17.7. The van der Waals surface area contributed by atoms with E-state index in [9.17, 15) is 4.79 Å². The van der Waals surface area contributed by atoms with Gasteiger partial charge in [-0.15, -0.1) is 5.10 Å². The van der Waals surface area contributed by atoms with Gasteiger partial charge >= 0.3 is 6.03 Å². The molecule has 10 nitrogen and oxygen atoms in total. The number of morpholine rings is 1. The first-order chi connectivity index (χ1) is 15.3. The molecule has 0 bridgehead atoms. The maximum atomic E-state index is 12.3. The van der Waals surface area contributed by atoms with Gasteiger partial charge in [-0.3, -0.25) is 4.98 Å². The number of rotatable bonds is 4. The van der Waals surface area contributed by atoms with Gasteiger partial charge in [0, 0.05) is 44.6 Å². The number of anilines is 3. The first-order valence-electron chi connectivity index (χ1n) is 10.7. The molecular weight excluding hydrogens is 396 g/mol. The summed E-state index contributed by atoms with van der Waals surface area (Å²) in [5, 5.41) is 10.6. The molecule has 2 saturated heterocycles. The van der Waals surface area contributed by atoms with Gasteiger partial charge in [0.1, 0.15) is 5.52 Å². The van der Waals surface area contributed by atoms with Gasteiger partial charge in [-0.05, 0) is 37.1 Å². The van der Waals surface area contributed by atoms with E-state index in [0.717, 1.165) is 56.3 Å². The van der Waals surface area contributed by atoms with E-state index in [0.29, 0.717) is 18.9 Å². The fourth-order valence-electron chi connectivity index (χ4n) is 4.06. The molecule has 0 aromatic carbocycles. The van der Waals surface area contributed by atoms with Crippen molar-refractivity contribution in [2.45, 2.75) is 18.9 Å². The molecule has 0 aliphatic carbocycles. The first-order valence-corrected chi connectivity index (χ1v) is 10.7. The lowest BCUT2D eigenvalue weighted by atomic mass is 10.1. The van der Waals surface area contributed by atoms with Crippen LogP contribution in [0.3, 0.4) is 0 Å². The summed E-state index contributed by atoms with van der Waals surface area (Å²) in [5.74, 6) is 1.68. The number of pyridine rings is 1. The van der Waals surface area contributed by atoms with Gasteiger partial charge in [-0.1, -0.05) is 0 Å². The van der Waals surface area contributed by atoms with Gasteiger partial charge in [0.25, 0.3) is 0 Å². The van der Waals surface area contributed by atoms with Crippen molar-refractivity contribution in [1.82, 2.24) is 24.9 Å². The fourth-order valence-corrected chi connectivity index (χ4v) is 4.06. The van der Waals surface area contributed by atoms with Crippen molar-refractivity contribution < 1.29 is 9.53 Å². The van der Waals surface area contributed by atoms with E-state index in [4.69, 9.17) is 14.8 Å². The van der Waals surface area contributed by atoms with Gasteiger partial charge in [-0.25, -0.2) is 9.31 Å². The second-order valence-electron chi connectivity index (χ2n) is 7.77. The number of nitrogens with one attached hydrogen (secondary N) is 2. The number of carbonyl (C=O) groups excluding carboxylic acids is 1. The summed E-state index contributed by atoms with van der Waals surface area (Å²) in [6.45, 7) is 4.65. The van der Waals surface area contributed by atoms with Crippen LogP contribution in [0.5, 0.6) is 0 Å². The van der Waals surface area contributed by atoms with Gasteiger partial charge in [-0.2, -0.15) is 4.98 Å². The van der Waals surface area contributed by atoms with Gasteiger partial charge < -0.3 is 25.2 Å². The number of urea groups is 1. The predicted molar refractivity (Wildman–Crippen MR) is 118 cm³/mol. The lowest BCUT2D eigenvalue weighted by Gasteiger charge is -2.33. The lowest BCUT2D eigenvalue weighted by molar-refractivity contribution is 0.122. The van der Waals surface area contributed by atoms with Crippen LogP contribution >= 0.6 is 0 Å². The summed E-state index contributed by atoms with van der Waals surface area (Å²) in [5.41, 5.74) is 1.69. The third-order valence-electron chi connectivity index (χ3n) is 5.70. The summed E-state index contributed by atoms with van der Waals surface area (Å²) < 4.78 is 7.40. The van der Waals surface area contributed by atoms with Crippen molar-refractivity contribution in [3.63, 3.8) is 0 Å². The number of hydrogen-bond donors (Lipinski definition) is 2. The Morgan fingerprint density at radius 1 is 1.06 bits per heavy atom. The zero-order chi connectivity index (χ0) is 21.0. The van der Waals surface area contributed by atoms with E-state index in [1.807, 2.05) is 28.9 Å². The van der Waals surface area contributed by atoms with Crippen molar-refractivity contribution in [3.8, 4) is 0 Å².